The van der Waals surface area contributed by atoms with E-state index in [0.29, 0.717) is 35.2 Å². The summed E-state index contributed by atoms with van der Waals surface area (Å²) in [6, 6.07) is 19.5. The number of thiophene rings is 1. The Balaban J connectivity index is 1.89. The molecule has 3 rings (SSSR count). The van der Waals surface area contributed by atoms with Gasteiger partial charge in [-0.2, -0.15) is 5.26 Å². The third-order valence-corrected chi connectivity index (χ3v) is 6.26. The molecule has 0 radical (unpaired) electrons. The van der Waals surface area contributed by atoms with Crippen molar-refractivity contribution < 1.29 is 13.9 Å². The molecule has 2 N–H and O–H groups in total. The summed E-state index contributed by atoms with van der Waals surface area (Å²) in [6.45, 7) is 2.66. The average Bonchev–Trinajstić information content (AvgIpc) is 3.32. The largest absolute Gasteiger partial charge is 0.492 e. The van der Waals surface area contributed by atoms with Crippen LogP contribution in [0.1, 0.15) is 17.4 Å². The second kappa shape index (κ2) is 11.9. The maximum absolute atomic E-state index is 14.1. The van der Waals surface area contributed by atoms with Crippen molar-refractivity contribution in [2.24, 2.45) is 0 Å². The minimum atomic E-state index is -0.502. The van der Waals surface area contributed by atoms with Gasteiger partial charge < -0.3 is 15.4 Å². The summed E-state index contributed by atoms with van der Waals surface area (Å²) < 4.78 is 19.8. The Kier molecular flexibility index (Phi) is 8.72. The van der Waals surface area contributed by atoms with Crippen LogP contribution in [0.4, 0.5) is 10.1 Å². The average molecular weight is 468 g/mol. The van der Waals surface area contributed by atoms with Crippen LogP contribution in [0.3, 0.4) is 0 Å². The normalized spacial score (nSPS) is 11.3. The molecule has 0 aliphatic rings. The number of hydrogen-bond donors (Lipinski definition) is 2. The van der Waals surface area contributed by atoms with E-state index in [9.17, 15) is 14.4 Å². The van der Waals surface area contributed by atoms with Gasteiger partial charge in [0.05, 0.1) is 23.9 Å². The zero-order valence-corrected chi connectivity index (χ0v) is 19.1. The number of carbonyl (C=O) groups excluding carboxylic acids is 1. The highest BCUT2D eigenvalue weighted by atomic mass is 32.2. The minimum Gasteiger partial charge on any atom is -0.492 e. The topological polar surface area (TPSA) is 74.1 Å². The number of halogens is 1. The van der Waals surface area contributed by atoms with Gasteiger partial charge in [-0.25, -0.2) is 4.39 Å². The van der Waals surface area contributed by atoms with Gasteiger partial charge in [0.1, 0.15) is 23.2 Å². The molecule has 0 spiro atoms. The summed E-state index contributed by atoms with van der Waals surface area (Å²) in [5.74, 6) is -0.00169. The number of hydrogen-bond acceptors (Lipinski definition) is 6. The van der Waals surface area contributed by atoms with Crippen LogP contribution in [0, 0.1) is 17.1 Å². The molecule has 3 aromatic rings. The molecular formula is C24H22FN3O2S2. The van der Waals surface area contributed by atoms with Crippen LogP contribution in [-0.4, -0.2) is 12.5 Å². The van der Waals surface area contributed by atoms with E-state index in [1.807, 2.05) is 42.6 Å². The highest BCUT2D eigenvalue weighted by molar-refractivity contribution is 8.02. The highest BCUT2D eigenvalue weighted by Gasteiger charge is 2.18. The van der Waals surface area contributed by atoms with E-state index in [1.165, 1.54) is 29.2 Å². The lowest BCUT2D eigenvalue weighted by Gasteiger charge is -2.16. The lowest BCUT2D eigenvalue weighted by atomic mass is 10.2. The summed E-state index contributed by atoms with van der Waals surface area (Å²) in [6.07, 6.45) is 0. The number of nitrogens with one attached hydrogen (secondary N) is 2. The van der Waals surface area contributed by atoms with Gasteiger partial charge in [0.25, 0.3) is 5.91 Å². The Morgan fingerprint density at radius 1 is 1.16 bits per heavy atom. The van der Waals surface area contributed by atoms with E-state index in [2.05, 4.69) is 10.6 Å². The second-order valence-corrected chi connectivity index (χ2v) is 8.53. The van der Waals surface area contributed by atoms with Crippen LogP contribution in [0.5, 0.6) is 5.75 Å². The van der Waals surface area contributed by atoms with Crippen LogP contribution >= 0.6 is 23.1 Å². The molecule has 5 nitrogen and oxygen atoms in total. The fourth-order valence-corrected chi connectivity index (χ4v) is 4.43. The molecule has 0 bridgehead atoms. The van der Waals surface area contributed by atoms with E-state index < -0.39 is 5.91 Å². The van der Waals surface area contributed by atoms with Gasteiger partial charge in [-0.1, -0.05) is 36.4 Å². The highest BCUT2D eigenvalue weighted by Crippen LogP contribution is 2.32. The SMILES string of the molecule is CCOc1ccccc1N/C(SCc1ccccc1F)=C(/C#N)C(=O)NCc1cccs1. The van der Waals surface area contributed by atoms with E-state index in [-0.39, 0.29) is 17.1 Å². The van der Waals surface area contributed by atoms with Gasteiger partial charge >= 0.3 is 0 Å². The number of benzene rings is 2. The first-order valence-corrected chi connectivity index (χ1v) is 11.8. The Bertz CT molecular complexity index is 1120. The van der Waals surface area contributed by atoms with E-state index in [1.54, 1.807) is 30.3 Å². The van der Waals surface area contributed by atoms with Crippen LogP contribution in [0.25, 0.3) is 0 Å². The number of anilines is 1. The van der Waals surface area contributed by atoms with Gasteiger partial charge in [0.15, 0.2) is 0 Å². The van der Waals surface area contributed by atoms with Gasteiger partial charge in [-0.3, -0.25) is 4.79 Å². The number of thioether (sulfide) groups is 1. The first kappa shape index (κ1) is 23.4. The van der Waals surface area contributed by atoms with Crippen LogP contribution in [0.2, 0.25) is 0 Å². The predicted molar refractivity (Wildman–Crippen MR) is 128 cm³/mol. The smallest absolute Gasteiger partial charge is 0.264 e. The Morgan fingerprint density at radius 3 is 2.66 bits per heavy atom. The van der Waals surface area contributed by atoms with E-state index >= 15 is 0 Å². The third kappa shape index (κ3) is 6.36. The molecule has 164 valence electrons. The Morgan fingerprint density at radius 2 is 1.94 bits per heavy atom. The number of ether oxygens (including phenoxy) is 1. The molecule has 32 heavy (non-hydrogen) atoms. The maximum atomic E-state index is 14.1. The summed E-state index contributed by atoms with van der Waals surface area (Å²) in [5, 5.41) is 18.0. The van der Waals surface area contributed by atoms with Crippen molar-refractivity contribution in [1.82, 2.24) is 5.32 Å². The minimum absolute atomic E-state index is 0.0748. The molecular weight excluding hydrogens is 445 g/mol. The molecule has 0 aliphatic heterocycles. The summed E-state index contributed by atoms with van der Waals surface area (Å²) in [7, 11) is 0. The van der Waals surface area contributed by atoms with E-state index in [4.69, 9.17) is 4.74 Å². The number of amides is 1. The maximum Gasteiger partial charge on any atom is 0.264 e. The third-order valence-electron chi connectivity index (χ3n) is 4.33. The predicted octanol–water partition coefficient (Wildman–Crippen LogP) is 5.68. The molecule has 8 heteroatoms. The van der Waals surface area contributed by atoms with Crippen molar-refractivity contribution in [3.63, 3.8) is 0 Å². The van der Waals surface area contributed by atoms with Crippen molar-refractivity contribution in [2.75, 3.05) is 11.9 Å². The summed E-state index contributed by atoms with van der Waals surface area (Å²) in [4.78, 5) is 13.8. The molecule has 0 unspecified atom stereocenters. The standard InChI is InChI=1S/C24H22FN3O2S2/c1-2-30-22-12-6-5-11-21(22)28-24(32-16-17-8-3-4-10-20(17)25)19(14-26)23(29)27-15-18-9-7-13-31-18/h3-13,28H,2,15-16H2,1H3,(H,27,29)/b24-19+. The lowest BCUT2D eigenvalue weighted by molar-refractivity contribution is -0.117. The van der Waals surface area contributed by atoms with Crippen molar-refractivity contribution in [2.45, 2.75) is 19.2 Å². The monoisotopic (exact) mass is 467 g/mol. The first-order chi connectivity index (χ1) is 15.6. The van der Waals surface area contributed by atoms with Gasteiger partial charge in [-0.15, -0.1) is 23.1 Å². The lowest BCUT2D eigenvalue weighted by Crippen LogP contribution is -2.25. The molecule has 0 fully saturated rings. The van der Waals surface area contributed by atoms with Gasteiger partial charge in [0, 0.05) is 10.6 Å². The summed E-state index contributed by atoms with van der Waals surface area (Å²) >= 11 is 2.71. The van der Waals surface area contributed by atoms with Crippen LogP contribution < -0.4 is 15.4 Å². The van der Waals surface area contributed by atoms with Crippen LogP contribution in [0.15, 0.2) is 76.6 Å². The molecule has 0 saturated heterocycles. The quantitative estimate of drug-likeness (QED) is 0.296. The fraction of sp³-hybridized carbons (Fsp3) is 0.167. The van der Waals surface area contributed by atoms with E-state index in [0.717, 1.165) is 4.88 Å². The van der Waals surface area contributed by atoms with Gasteiger partial charge in [-0.05, 0) is 42.1 Å². The second-order valence-electron chi connectivity index (χ2n) is 6.51. The van der Waals surface area contributed by atoms with Gasteiger partial charge in [0.2, 0.25) is 0 Å². The number of nitrogens with zero attached hydrogens (tertiary/aromatic N) is 1. The Labute approximate surface area is 194 Å². The van der Waals surface area contributed by atoms with Crippen LogP contribution in [-0.2, 0) is 17.1 Å². The fourth-order valence-electron chi connectivity index (χ4n) is 2.78. The summed E-state index contributed by atoms with van der Waals surface area (Å²) in [5.41, 5.74) is 1.02. The van der Waals surface area contributed by atoms with Crippen molar-refractivity contribution in [1.29, 1.82) is 5.26 Å². The van der Waals surface area contributed by atoms with Crippen molar-refractivity contribution >= 4 is 34.7 Å². The number of carbonyl (C=O) groups is 1. The number of para-hydroxylation sites is 2. The zero-order valence-electron chi connectivity index (χ0n) is 17.4. The van der Waals surface area contributed by atoms with Crippen molar-refractivity contribution in [3.05, 3.63) is 92.9 Å². The Hall–Kier alpha value is -3.28. The number of nitriles is 1. The molecule has 2 aromatic carbocycles. The molecule has 0 atom stereocenters. The zero-order chi connectivity index (χ0) is 22.8. The molecule has 0 saturated carbocycles. The number of rotatable bonds is 10. The molecule has 0 aliphatic carbocycles. The van der Waals surface area contributed by atoms with Crippen molar-refractivity contribution in [3.8, 4) is 11.8 Å². The molecule has 1 aromatic heterocycles. The molecule has 1 heterocycles. The molecule has 1 amide bonds. The first-order valence-electron chi connectivity index (χ1n) is 9.92.